The molecule has 0 saturated heterocycles. The van der Waals surface area contributed by atoms with Crippen LogP contribution in [0, 0.1) is 35.3 Å². The van der Waals surface area contributed by atoms with Gasteiger partial charge in [0.25, 0.3) is 0 Å². The molecule has 31 heavy (non-hydrogen) atoms. The van der Waals surface area contributed by atoms with Crippen molar-refractivity contribution in [3.05, 3.63) is 54.4 Å². The second-order valence-electron chi connectivity index (χ2n) is 8.70. The van der Waals surface area contributed by atoms with Crippen LogP contribution in [-0.2, 0) is 4.79 Å². The van der Waals surface area contributed by atoms with Crippen LogP contribution in [0.4, 0.5) is 13.9 Å². The molecule has 2 aromatic carbocycles. The van der Waals surface area contributed by atoms with Crippen LogP contribution >= 0.6 is 11.3 Å². The summed E-state index contributed by atoms with van der Waals surface area (Å²) in [6, 6.07) is 10.4. The van der Waals surface area contributed by atoms with Gasteiger partial charge in [-0.2, -0.15) is 0 Å². The number of anilines is 1. The van der Waals surface area contributed by atoms with Gasteiger partial charge in [0.15, 0.2) is 16.8 Å². The summed E-state index contributed by atoms with van der Waals surface area (Å²) in [4.78, 5) is 21.6. The molecule has 2 fully saturated rings. The van der Waals surface area contributed by atoms with Crippen molar-refractivity contribution >= 4 is 43.6 Å². The molecule has 0 radical (unpaired) electrons. The molecule has 1 amide bonds. The number of imidazole rings is 1. The Morgan fingerprint density at radius 1 is 1.16 bits per heavy atom. The summed E-state index contributed by atoms with van der Waals surface area (Å²) in [6.07, 6.45) is 3.54. The van der Waals surface area contributed by atoms with Gasteiger partial charge in [0.05, 0.1) is 27.6 Å². The Balaban J connectivity index is 1.13. The fourth-order valence-corrected chi connectivity index (χ4v) is 6.33. The number of hydrogen-bond donors (Lipinski definition) is 1. The number of carbonyl (C=O) groups excluding carboxylic acids is 1. The van der Waals surface area contributed by atoms with Crippen molar-refractivity contribution in [2.45, 2.75) is 25.8 Å². The Morgan fingerprint density at radius 2 is 1.90 bits per heavy atom. The molecule has 2 aliphatic carbocycles. The van der Waals surface area contributed by atoms with Crippen molar-refractivity contribution in [2.24, 2.45) is 23.7 Å². The quantitative estimate of drug-likeness (QED) is 0.464. The molecule has 0 spiro atoms. The molecule has 4 aromatic rings. The lowest BCUT2D eigenvalue weighted by molar-refractivity contribution is -0.120. The zero-order chi connectivity index (χ0) is 21.3. The van der Waals surface area contributed by atoms with Crippen LogP contribution in [0.2, 0.25) is 0 Å². The molecule has 158 valence electrons. The summed E-state index contributed by atoms with van der Waals surface area (Å²) >= 11 is 1.49. The van der Waals surface area contributed by atoms with E-state index in [1.165, 1.54) is 17.4 Å². The molecule has 1 N–H and O–H groups in total. The summed E-state index contributed by atoms with van der Waals surface area (Å²) in [5.74, 6) is -0.493. The van der Waals surface area contributed by atoms with Crippen molar-refractivity contribution < 1.29 is 13.6 Å². The number of para-hydroxylation sites is 1. The number of aromatic nitrogens is 3. The average molecular weight is 439 g/mol. The van der Waals surface area contributed by atoms with Crippen molar-refractivity contribution in [1.29, 1.82) is 0 Å². The van der Waals surface area contributed by atoms with Gasteiger partial charge in [0, 0.05) is 24.1 Å². The van der Waals surface area contributed by atoms with Crippen LogP contribution < -0.4 is 5.32 Å². The summed E-state index contributed by atoms with van der Waals surface area (Å²) in [5, 5.41) is 3.63. The number of thiazole rings is 1. The Hall–Kier alpha value is -2.87. The van der Waals surface area contributed by atoms with Crippen LogP contribution in [0.3, 0.4) is 0 Å². The van der Waals surface area contributed by atoms with Gasteiger partial charge >= 0.3 is 0 Å². The van der Waals surface area contributed by atoms with E-state index in [0.29, 0.717) is 33.9 Å². The summed E-state index contributed by atoms with van der Waals surface area (Å²) < 4.78 is 30.2. The number of nitrogens with zero attached hydrogens (tertiary/aromatic N) is 3. The first kappa shape index (κ1) is 18.9. The van der Waals surface area contributed by atoms with Crippen molar-refractivity contribution in [3.63, 3.8) is 0 Å². The second-order valence-corrected chi connectivity index (χ2v) is 9.73. The average Bonchev–Trinajstić information content (AvgIpc) is 3.14. The normalized spacial score (nSPS) is 25.6. The van der Waals surface area contributed by atoms with Crippen molar-refractivity contribution in [2.75, 3.05) is 5.32 Å². The third kappa shape index (κ3) is 3.04. The molecular formula is C23H20F2N4OS. The van der Waals surface area contributed by atoms with E-state index in [-0.39, 0.29) is 17.9 Å². The summed E-state index contributed by atoms with van der Waals surface area (Å²) in [6.45, 7) is 1.99. The maximum absolute atomic E-state index is 13.7. The van der Waals surface area contributed by atoms with Crippen LogP contribution in [-0.4, -0.2) is 20.4 Å². The maximum Gasteiger partial charge on any atom is 0.229 e. The van der Waals surface area contributed by atoms with Gasteiger partial charge in [-0.05, 0) is 42.7 Å². The lowest BCUT2D eigenvalue weighted by atomic mass is 9.96. The minimum Gasteiger partial charge on any atom is -0.327 e. The van der Waals surface area contributed by atoms with Crippen molar-refractivity contribution in [1.82, 2.24) is 14.5 Å². The SMILES string of the molecule is CC(C(=O)Nc1nc2ccccc2s1)[C@H]1[C@@H]2C[C@@H](n3cnc4cc(F)c(F)cc43)C[C@@H]21. The summed E-state index contributed by atoms with van der Waals surface area (Å²) in [5.41, 5.74) is 1.99. The predicted octanol–water partition coefficient (Wildman–Crippen LogP) is 5.40. The molecular weight excluding hydrogens is 418 g/mol. The minimum absolute atomic E-state index is 0.0145. The highest BCUT2D eigenvalue weighted by Gasteiger charge is 2.59. The Labute approximate surface area is 181 Å². The molecule has 0 aliphatic heterocycles. The Kier molecular flexibility index (Phi) is 4.15. The monoisotopic (exact) mass is 438 g/mol. The molecule has 2 saturated carbocycles. The molecule has 0 bridgehead atoms. The van der Waals surface area contributed by atoms with E-state index >= 15 is 0 Å². The number of carbonyl (C=O) groups is 1. The standard InChI is InChI=1S/C23H20F2N4OS/c1-11(22(30)28-23-27-17-4-2-3-5-20(17)31-23)21-13-6-12(7-14(13)21)29-10-26-18-8-15(24)16(25)9-19(18)29/h2-5,8-14,21H,6-7H2,1H3,(H,27,28,30)/t11?,12-,13-,14+,21+. The zero-order valence-electron chi connectivity index (χ0n) is 16.8. The second kappa shape index (κ2) is 6.82. The van der Waals surface area contributed by atoms with E-state index in [4.69, 9.17) is 0 Å². The minimum atomic E-state index is -0.875. The fraction of sp³-hybridized carbons (Fsp3) is 0.348. The predicted molar refractivity (Wildman–Crippen MR) is 116 cm³/mol. The molecule has 6 rings (SSSR count). The van der Waals surface area contributed by atoms with Gasteiger partial charge in [-0.15, -0.1) is 0 Å². The number of rotatable bonds is 4. The van der Waals surface area contributed by atoms with Crippen LogP contribution in [0.1, 0.15) is 25.8 Å². The van der Waals surface area contributed by atoms with E-state index in [9.17, 15) is 13.6 Å². The first-order valence-electron chi connectivity index (χ1n) is 10.5. The van der Waals surface area contributed by atoms with E-state index in [2.05, 4.69) is 15.3 Å². The van der Waals surface area contributed by atoms with Gasteiger partial charge in [-0.25, -0.2) is 18.7 Å². The lowest BCUT2D eigenvalue weighted by Crippen LogP contribution is -2.24. The van der Waals surface area contributed by atoms with E-state index < -0.39 is 11.6 Å². The van der Waals surface area contributed by atoms with E-state index in [1.807, 2.05) is 35.8 Å². The van der Waals surface area contributed by atoms with Crippen molar-refractivity contribution in [3.8, 4) is 0 Å². The van der Waals surface area contributed by atoms with Gasteiger partial charge in [0.2, 0.25) is 5.91 Å². The van der Waals surface area contributed by atoms with E-state index in [0.717, 1.165) is 29.1 Å². The highest BCUT2D eigenvalue weighted by molar-refractivity contribution is 7.22. The van der Waals surface area contributed by atoms with Crippen LogP contribution in [0.5, 0.6) is 0 Å². The lowest BCUT2D eigenvalue weighted by Gasteiger charge is -2.19. The number of fused-ring (bicyclic) bond motifs is 3. The Morgan fingerprint density at radius 3 is 2.68 bits per heavy atom. The molecule has 2 heterocycles. The number of halogens is 2. The molecule has 8 heteroatoms. The largest absolute Gasteiger partial charge is 0.327 e. The van der Waals surface area contributed by atoms with Gasteiger partial charge in [-0.1, -0.05) is 30.4 Å². The third-order valence-corrected chi connectivity index (χ3v) is 7.96. The highest BCUT2D eigenvalue weighted by Crippen LogP contribution is 2.64. The van der Waals surface area contributed by atoms with Crippen LogP contribution in [0.25, 0.3) is 21.3 Å². The number of benzene rings is 2. The molecule has 1 unspecified atom stereocenters. The number of amides is 1. The molecule has 5 atom stereocenters. The van der Waals surface area contributed by atoms with Gasteiger partial charge in [-0.3, -0.25) is 4.79 Å². The van der Waals surface area contributed by atoms with Gasteiger partial charge < -0.3 is 9.88 Å². The zero-order valence-corrected chi connectivity index (χ0v) is 17.6. The number of nitrogens with one attached hydrogen (secondary N) is 1. The molecule has 2 aromatic heterocycles. The highest BCUT2D eigenvalue weighted by atomic mass is 32.1. The third-order valence-electron chi connectivity index (χ3n) is 7.01. The first-order chi connectivity index (χ1) is 15.0. The maximum atomic E-state index is 13.7. The Bertz CT molecular complexity index is 1290. The molecule has 2 aliphatic rings. The topological polar surface area (TPSA) is 59.8 Å². The van der Waals surface area contributed by atoms with E-state index in [1.54, 1.807) is 6.33 Å². The number of hydrogen-bond acceptors (Lipinski definition) is 4. The summed E-state index contributed by atoms with van der Waals surface area (Å²) in [7, 11) is 0. The van der Waals surface area contributed by atoms with Crippen LogP contribution in [0.15, 0.2) is 42.7 Å². The fourth-order valence-electron chi connectivity index (χ4n) is 5.47. The molecule has 5 nitrogen and oxygen atoms in total. The van der Waals surface area contributed by atoms with Gasteiger partial charge in [0.1, 0.15) is 0 Å². The smallest absolute Gasteiger partial charge is 0.229 e. The first-order valence-corrected chi connectivity index (χ1v) is 11.3.